The highest BCUT2D eigenvalue weighted by atomic mass is 17.2. The molecule has 0 aliphatic carbocycles. The van der Waals surface area contributed by atoms with Gasteiger partial charge in [0.15, 0.2) is 0 Å². The highest BCUT2D eigenvalue weighted by Crippen LogP contribution is 2.45. The molecule has 0 amide bonds. The van der Waals surface area contributed by atoms with Crippen LogP contribution >= 0.6 is 0 Å². The monoisotopic (exact) mass is 250 g/mol. The molecular weight excluding hydrogens is 232 g/mol. The number of hydrogen-bond donors (Lipinski definition) is 1. The first-order valence-electron chi connectivity index (χ1n) is 6.08. The second kappa shape index (κ2) is 4.46. The highest BCUT2D eigenvalue weighted by Gasteiger charge is 2.54. The molecule has 98 valence electrons. The van der Waals surface area contributed by atoms with Gasteiger partial charge in [0.2, 0.25) is 5.79 Å². The van der Waals surface area contributed by atoms with Crippen molar-refractivity contribution >= 4 is 5.78 Å². The van der Waals surface area contributed by atoms with Gasteiger partial charge in [-0.3, -0.25) is 4.79 Å². The van der Waals surface area contributed by atoms with Gasteiger partial charge in [0.05, 0.1) is 5.41 Å². The molecule has 0 saturated heterocycles. The zero-order chi connectivity index (χ0) is 13.4. The predicted molar refractivity (Wildman–Crippen MR) is 65.3 cm³/mol. The Morgan fingerprint density at radius 3 is 2.78 bits per heavy atom. The Morgan fingerprint density at radius 1 is 1.44 bits per heavy atom. The summed E-state index contributed by atoms with van der Waals surface area (Å²) in [6.45, 7) is 5.38. The second-order valence-electron chi connectivity index (χ2n) is 5.05. The van der Waals surface area contributed by atoms with Crippen LogP contribution in [0.3, 0.4) is 0 Å². The Labute approximate surface area is 106 Å². The van der Waals surface area contributed by atoms with Crippen LogP contribution in [-0.2, 0) is 27.0 Å². The maximum atomic E-state index is 12.1. The first-order valence-corrected chi connectivity index (χ1v) is 6.08. The van der Waals surface area contributed by atoms with Gasteiger partial charge >= 0.3 is 0 Å². The summed E-state index contributed by atoms with van der Waals surface area (Å²) in [6.07, 6.45) is 0.334. The van der Waals surface area contributed by atoms with Crippen LogP contribution < -0.4 is 0 Å². The molecule has 0 radical (unpaired) electrons. The zero-order valence-electron chi connectivity index (χ0n) is 10.9. The number of carbonyl (C=O) groups excluding carboxylic acids is 1. The number of carbonyl (C=O) groups is 1. The molecule has 0 saturated carbocycles. The average Bonchev–Trinajstić information content (AvgIpc) is 2.38. The molecule has 4 nitrogen and oxygen atoms in total. The lowest BCUT2D eigenvalue weighted by molar-refractivity contribution is -0.464. The minimum Gasteiger partial charge on any atom is -0.359 e. The van der Waals surface area contributed by atoms with Crippen LogP contribution in [0.4, 0.5) is 0 Å². The van der Waals surface area contributed by atoms with Gasteiger partial charge < -0.3 is 5.11 Å². The van der Waals surface area contributed by atoms with Gasteiger partial charge in [-0.1, -0.05) is 31.2 Å². The Bertz CT molecular complexity index is 467. The van der Waals surface area contributed by atoms with Crippen LogP contribution in [-0.4, -0.2) is 10.9 Å². The molecule has 2 rings (SSSR count). The van der Waals surface area contributed by atoms with E-state index in [1.54, 1.807) is 26.8 Å². The Kier molecular flexibility index (Phi) is 3.27. The Balaban J connectivity index is 2.53. The summed E-state index contributed by atoms with van der Waals surface area (Å²) in [5, 5.41) is 10.8. The first kappa shape index (κ1) is 13.2. The summed E-state index contributed by atoms with van der Waals surface area (Å²) in [5.74, 6) is -1.82. The molecule has 4 heteroatoms. The lowest BCUT2D eigenvalue weighted by Gasteiger charge is -2.42. The Hall–Kier alpha value is -1.23. The van der Waals surface area contributed by atoms with E-state index in [0.717, 1.165) is 5.56 Å². The zero-order valence-corrected chi connectivity index (χ0v) is 10.9. The average molecular weight is 250 g/mol. The summed E-state index contributed by atoms with van der Waals surface area (Å²) in [7, 11) is 0. The van der Waals surface area contributed by atoms with Crippen LogP contribution in [0.2, 0.25) is 0 Å². The molecule has 1 N–H and O–H groups in total. The van der Waals surface area contributed by atoms with Crippen molar-refractivity contribution in [2.75, 3.05) is 0 Å². The summed E-state index contributed by atoms with van der Waals surface area (Å²) in [5.41, 5.74) is 0.365. The van der Waals surface area contributed by atoms with Crippen molar-refractivity contribution in [3.8, 4) is 0 Å². The van der Waals surface area contributed by atoms with Crippen molar-refractivity contribution in [1.29, 1.82) is 0 Å². The van der Waals surface area contributed by atoms with Gasteiger partial charge in [-0.2, -0.15) is 4.89 Å². The van der Waals surface area contributed by atoms with E-state index in [-0.39, 0.29) is 12.4 Å². The molecule has 1 aromatic rings. The third kappa shape index (κ3) is 1.77. The third-order valence-electron chi connectivity index (χ3n) is 3.64. The fraction of sp³-hybridized carbons (Fsp3) is 0.500. The second-order valence-corrected chi connectivity index (χ2v) is 5.05. The van der Waals surface area contributed by atoms with Crippen LogP contribution in [0.15, 0.2) is 24.3 Å². The largest absolute Gasteiger partial charge is 0.359 e. The minimum absolute atomic E-state index is 0.0784. The van der Waals surface area contributed by atoms with Crippen molar-refractivity contribution in [2.45, 2.75) is 39.6 Å². The van der Waals surface area contributed by atoms with E-state index in [0.29, 0.717) is 12.0 Å². The van der Waals surface area contributed by atoms with Gasteiger partial charge in [0.1, 0.15) is 12.4 Å². The maximum Gasteiger partial charge on any atom is 0.237 e. The quantitative estimate of drug-likeness (QED) is 0.836. The predicted octanol–water partition coefficient (Wildman–Crippen LogP) is 2.30. The number of Topliss-reactive ketones (excluding diaryl/α,β-unsaturated/α-hetero) is 1. The molecule has 1 aliphatic rings. The molecule has 1 unspecified atom stereocenters. The van der Waals surface area contributed by atoms with Gasteiger partial charge in [0.25, 0.3) is 0 Å². The summed E-state index contributed by atoms with van der Waals surface area (Å²) >= 11 is 0. The highest BCUT2D eigenvalue weighted by molar-refractivity contribution is 5.85. The number of benzene rings is 1. The molecule has 1 atom stereocenters. The number of aliphatic hydroxyl groups is 1. The molecule has 0 bridgehead atoms. The maximum absolute atomic E-state index is 12.1. The van der Waals surface area contributed by atoms with E-state index in [1.165, 1.54) is 0 Å². The summed E-state index contributed by atoms with van der Waals surface area (Å²) in [4.78, 5) is 22.2. The molecule has 0 aromatic heterocycles. The number of rotatable bonds is 3. The third-order valence-corrected chi connectivity index (χ3v) is 3.64. The topological polar surface area (TPSA) is 55.8 Å². The number of ketones is 1. The van der Waals surface area contributed by atoms with E-state index in [9.17, 15) is 9.90 Å². The van der Waals surface area contributed by atoms with E-state index in [2.05, 4.69) is 0 Å². The van der Waals surface area contributed by atoms with Gasteiger partial charge in [-0.05, 0) is 19.4 Å². The van der Waals surface area contributed by atoms with E-state index in [4.69, 9.17) is 9.78 Å². The smallest absolute Gasteiger partial charge is 0.237 e. The Morgan fingerprint density at radius 2 is 2.11 bits per heavy atom. The van der Waals surface area contributed by atoms with Crippen molar-refractivity contribution in [2.24, 2.45) is 5.41 Å². The van der Waals surface area contributed by atoms with Crippen molar-refractivity contribution in [1.82, 2.24) is 0 Å². The van der Waals surface area contributed by atoms with Crippen LogP contribution in [0.25, 0.3) is 0 Å². The molecule has 1 heterocycles. The fourth-order valence-corrected chi connectivity index (χ4v) is 2.27. The van der Waals surface area contributed by atoms with Crippen LogP contribution in [0.1, 0.15) is 38.3 Å². The lowest BCUT2D eigenvalue weighted by Crippen LogP contribution is -2.51. The van der Waals surface area contributed by atoms with Gasteiger partial charge in [0, 0.05) is 12.0 Å². The van der Waals surface area contributed by atoms with E-state index < -0.39 is 11.2 Å². The van der Waals surface area contributed by atoms with Crippen molar-refractivity contribution in [3.05, 3.63) is 35.4 Å². The number of fused-ring (bicyclic) bond motifs is 1. The SMILES string of the molecule is CCC(=O)C(C)(C)C1(O)OOCc2ccccc21. The minimum atomic E-state index is -1.74. The van der Waals surface area contributed by atoms with Crippen molar-refractivity contribution < 1.29 is 19.7 Å². The van der Waals surface area contributed by atoms with Gasteiger partial charge in [-0.15, -0.1) is 0 Å². The number of hydrogen-bond acceptors (Lipinski definition) is 4. The van der Waals surface area contributed by atoms with Crippen LogP contribution in [0, 0.1) is 5.41 Å². The molecular formula is C14H18O4. The first-order chi connectivity index (χ1) is 8.43. The molecule has 1 aliphatic heterocycles. The van der Waals surface area contributed by atoms with Crippen molar-refractivity contribution in [3.63, 3.8) is 0 Å². The molecule has 1 aromatic carbocycles. The van der Waals surface area contributed by atoms with Gasteiger partial charge in [-0.25, -0.2) is 4.89 Å². The lowest BCUT2D eigenvalue weighted by atomic mass is 9.73. The standard InChI is InChI=1S/C14H18O4/c1-4-12(15)13(2,3)14(16)11-8-6-5-7-10(11)9-17-18-14/h5-8,16H,4,9H2,1-3H3. The van der Waals surface area contributed by atoms with E-state index >= 15 is 0 Å². The summed E-state index contributed by atoms with van der Waals surface area (Å²) in [6, 6.07) is 7.30. The van der Waals surface area contributed by atoms with E-state index in [1.807, 2.05) is 18.2 Å². The normalized spacial score (nSPS) is 23.6. The fourth-order valence-electron chi connectivity index (χ4n) is 2.27. The summed E-state index contributed by atoms with van der Waals surface area (Å²) < 4.78 is 0. The molecule has 0 fully saturated rings. The van der Waals surface area contributed by atoms with Crippen LogP contribution in [0.5, 0.6) is 0 Å². The molecule has 18 heavy (non-hydrogen) atoms. The molecule has 0 spiro atoms.